The molecule has 1 heterocycles. The molecule has 2 atom stereocenters. The molecule has 0 unspecified atom stereocenters. The predicted octanol–water partition coefficient (Wildman–Crippen LogP) is 1.90. The fraction of sp³-hybridized carbons (Fsp3) is 0.333. The number of sulfonamides is 1. The molecule has 1 aromatic heterocycles. The van der Waals surface area contributed by atoms with Crippen molar-refractivity contribution in [3.8, 4) is 0 Å². The normalized spacial score (nSPS) is 18.7. The van der Waals surface area contributed by atoms with Crippen molar-refractivity contribution in [2.75, 3.05) is 11.9 Å². The molecule has 1 fully saturated rings. The first kappa shape index (κ1) is 19.1. The van der Waals surface area contributed by atoms with Gasteiger partial charge in [-0.25, -0.2) is 13.1 Å². The van der Waals surface area contributed by atoms with Crippen LogP contribution in [0.2, 0.25) is 0 Å². The fourth-order valence-electron chi connectivity index (χ4n) is 2.49. The second kappa shape index (κ2) is 7.93. The first-order valence-corrected chi connectivity index (χ1v) is 9.92. The first-order valence-electron chi connectivity index (χ1n) is 8.44. The van der Waals surface area contributed by atoms with Crippen molar-refractivity contribution in [1.82, 2.24) is 4.72 Å². The molecule has 2 N–H and O–H groups in total. The standard InChI is InChI=1S/C18H20N2O6S/c1-12-8-16(12)18(22)26-11-17(21)20-13-4-2-6-15(9-13)27(23,24)19-10-14-5-3-7-25-14/h2-7,9,12,16,19H,8,10-11H2,1H3,(H,20,21)/t12-,16-/m0/s1. The number of rotatable bonds is 8. The van der Waals surface area contributed by atoms with Crippen molar-refractivity contribution < 1.29 is 27.2 Å². The van der Waals surface area contributed by atoms with Gasteiger partial charge in [-0.15, -0.1) is 0 Å². The molecule has 0 radical (unpaired) electrons. The van der Waals surface area contributed by atoms with E-state index in [1.807, 2.05) is 6.92 Å². The summed E-state index contributed by atoms with van der Waals surface area (Å²) >= 11 is 0. The average molecular weight is 392 g/mol. The number of furan rings is 1. The second-order valence-electron chi connectivity index (χ2n) is 6.41. The molecular weight excluding hydrogens is 372 g/mol. The lowest BCUT2D eigenvalue weighted by Crippen LogP contribution is -2.24. The van der Waals surface area contributed by atoms with Gasteiger partial charge in [0.2, 0.25) is 10.0 Å². The summed E-state index contributed by atoms with van der Waals surface area (Å²) in [7, 11) is -3.78. The Kier molecular flexibility index (Phi) is 5.62. The summed E-state index contributed by atoms with van der Waals surface area (Å²) in [5.74, 6) is -0.247. The minimum absolute atomic E-state index is 0.00402. The highest BCUT2D eigenvalue weighted by molar-refractivity contribution is 7.89. The SMILES string of the molecule is C[C@H]1C[C@@H]1C(=O)OCC(=O)Nc1cccc(S(=O)(=O)NCc2ccco2)c1. The van der Waals surface area contributed by atoms with Crippen molar-refractivity contribution in [3.05, 3.63) is 48.4 Å². The summed E-state index contributed by atoms with van der Waals surface area (Å²) in [6.45, 7) is 1.55. The van der Waals surface area contributed by atoms with Gasteiger partial charge >= 0.3 is 5.97 Å². The number of nitrogens with one attached hydrogen (secondary N) is 2. The number of hydrogen-bond acceptors (Lipinski definition) is 6. The van der Waals surface area contributed by atoms with E-state index >= 15 is 0 Å². The highest BCUT2D eigenvalue weighted by Gasteiger charge is 2.40. The van der Waals surface area contributed by atoms with Crippen LogP contribution in [0, 0.1) is 11.8 Å². The lowest BCUT2D eigenvalue weighted by molar-refractivity contribution is -0.148. The maximum atomic E-state index is 12.4. The van der Waals surface area contributed by atoms with Crippen LogP contribution in [0.3, 0.4) is 0 Å². The molecule has 8 nitrogen and oxygen atoms in total. The molecule has 1 aliphatic rings. The van der Waals surface area contributed by atoms with Gasteiger partial charge in [-0.05, 0) is 42.7 Å². The Morgan fingerprint density at radius 2 is 2.04 bits per heavy atom. The monoisotopic (exact) mass is 392 g/mol. The highest BCUT2D eigenvalue weighted by Crippen LogP contribution is 2.38. The van der Waals surface area contributed by atoms with E-state index < -0.39 is 22.5 Å². The topological polar surface area (TPSA) is 115 Å². The molecule has 9 heteroatoms. The van der Waals surface area contributed by atoms with E-state index in [4.69, 9.17) is 9.15 Å². The van der Waals surface area contributed by atoms with Gasteiger partial charge in [0.05, 0.1) is 23.6 Å². The van der Waals surface area contributed by atoms with E-state index in [1.54, 1.807) is 18.2 Å². The van der Waals surface area contributed by atoms with Crippen molar-refractivity contribution in [2.24, 2.45) is 11.8 Å². The van der Waals surface area contributed by atoms with Gasteiger partial charge in [-0.3, -0.25) is 9.59 Å². The van der Waals surface area contributed by atoms with Crippen LogP contribution in [-0.2, 0) is 30.9 Å². The van der Waals surface area contributed by atoms with Crippen LogP contribution in [0.15, 0.2) is 52.0 Å². The molecule has 1 aliphatic carbocycles. The lowest BCUT2D eigenvalue weighted by Gasteiger charge is -2.09. The third-order valence-corrected chi connectivity index (χ3v) is 5.60. The molecule has 0 aliphatic heterocycles. The Morgan fingerprint density at radius 1 is 1.26 bits per heavy atom. The van der Waals surface area contributed by atoms with E-state index in [1.165, 1.54) is 24.5 Å². The van der Waals surface area contributed by atoms with Gasteiger partial charge in [0.25, 0.3) is 5.91 Å². The minimum atomic E-state index is -3.78. The number of hydrogen-bond donors (Lipinski definition) is 2. The van der Waals surface area contributed by atoms with Crippen LogP contribution in [0.4, 0.5) is 5.69 Å². The first-order chi connectivity index (χ1) is 12.8. The average Bonchev–Trinajstić information content (AvgIpc) is 3.15. The van der Waals surface area contributed by atoms with Gasteiger partial charge in [-0.2, -0.15) is 0 Å². The summed E-state index contributed by atoms with van der Waals surface area (Å²) in [4.78, 5) is 23.5. The van der Waals surface area contributed by atoms with E-state index in [2.05, 4.69) is 10.0 Å². The van der Waals surface area contributed by atoms with Gasteiger partial charge in [0, 0.05) is 5.69 Å². The maximum Gasteiger partial charge on any atom is 0.309 e. The minimum Gasteiger partial charge on any atom is -0.468 e. The Balaban J connectivity index is 1.55. The van der Waals surface area contributed by atoms with Crippen LogP contribution in [0.25, 0.3) is 0 Å². The van der Waals surface area contributed by atoms with Crippen LogP contribution < -0.4 is 10.0 Å². The van der Waals surface area contributed by atoms with Crippen LogP contribution in [0.5, 0.6) is 0 Å². The number of ether oxygens (including phenoxy) is 1. The van der Waals surface area contributed by atoms with Gasteiger partial charge in [0.15, 0.2) is 6.61 Å². The fourth-order valence-corrected chi connectivity index (χ4v) is 3.53. The molecule has 0 saturated heterocycles. The van der Waals surface area contributed by atoms with Gasteiger partial charge < -0.3 is 14.5 Å². The largest absolute Gasteiger partial charge is 0.468 e. The van der Waals surface area contributed by atoms with E-state index in [-0.39, 0.29) is 29.0 Å². The number of carbonyl (C=O) groups excluding carboxylic acids is 2. The van der Waals surface area contributed by atoms with E-state index in [9.17, 15) is 18.0 Å². The molecule has 0 bridgehead atoms. The number of carbonyl (C=O) groups is 2. The zero-order valence-electron chi connectivity index (χ0n) is 14.7. The third kappa shape index (κ3) is 5.18. The zero-order valence-corrected chi connectivity index (χ0v) is 15.5. The quantitative estimate of drug-likeness (QED) is 0.663. The molecular formula is C18H20N2O6S. The lowest BCUT2D eigenvalue weighted by atomic mass is 10.3. The smallest absolute Gasteiger partial charge is 0.309 e. The second-order valence-corrected chi connectivity index (χ2v) is 8.17. The summed E-state index contributed by atoms with van der Waals surface area (Å²) in [6, 6.07) is 9.12. The molecule has 1 amide bonds. The number of esters is 1. The Hall–Kier alpha value is -2.65. The number of anilines is 1. The van der Waals surface area contributed by atoms with Crippen LogP contribution in [0.1, 0.15) is 19.1 Å². The summed E-state index contributed by atoms with van der Waals surface area (Å²) < 4.78 is 37.2. The number of benzene rings is 1. The van der Waals surface area contributed by atoms with E-state index in [0.29, 0.717) is 11.7 Å². The Bertz CT molecular complexity index is 923. The third-order valence-electron chi connectivity index (χ3n) is 4.20. The van der Waals surface area contributed by atoms with Crippen molar-refractivity contribution in [1.29, 1.82) is 0 Å². The zero-order chi connectivity index (χ0) is 19.4. The summed E-state index contributed by atoms with van der Waals surface area (Å²) in [5, 5.41) is 2.52. The summed E-state index contributed by atoms with van der Waals surface area (Å²) in [5.41, 5.74) is 0.289. The maximum absolute atomic E-state index is 12.4. The summed E-state index contributed by atoms with van der Waals surface area (Å²) in [6.07, 6.45) is 2.24. The van der Waals surface area contributed by atoms with Gasteiger partial charge in [0.1, 0.15) is 5.76 Å². The van der Waals surface area contributed by atoms with Crippen molar-refractivity contribution in [2.45, 2.75) is 24.8 Å². The molecule has 2 aromatic rings. The van der Waals surface area contributed by atoms with Crippen LogP contribution >= 0.6 is 0 Å². The van der Waals surface area contributed by atoms with E-state index in [0.717, 1.165) is 6.42 Å². The molecule has 27 heavy (non-hydrogen) atoms. The molecule has 0 spiro atoms. The van der Waals surface area contributed by atoms with Crippen LogP contribution in [-0.4, -0.2) is 26.9 Å². The molecule has 144 valence electrons. The van der Waals surface area contributed by atoms with Gasteiger partial charge in [-0.1, -0.05) is 13.0 Å². The highest BCUT2D eigenvalue weighted by atomic mass is 32.2. The Morgan fingerprint density at radius 3 is 2.70 bits per heavy atom. The van der Waals surface area contributed by atoms with Crippen molar-refractivity contribution in [3.63, 3.8) is 0 Å². The number of amides is 1. The Labute approximate surface area is 156 Å². The molecule has 1 aromatic carbocycles. The molecule has 3 rings (SSSR count). The predicted molar refractivity (Wildman–Crippen MR) is 96.0 cm³/mol. The molecule has 1 saturated carbocycles. The van der Waals surface area contributed by atoms with Crippen molar-refractivity contribution >= 4 is 27.6 Å².